The highest BCUT2D eigenvalue weighted by molar-refractivity contribution is 5.44. The summed E-state index contributed by atoms with van der Waals surface area (Å²) in [5.74, 6) is 0.232. The van der Waals surface area contributed by atoms with Crippen LogP contribution in [0.25, 0.3) is 0 Å². The maximum atomic E-state index is 13.1. The summed E-state index contributed by atoms with van der Waals surface area (Å²) >= 11 is 0. The second-order valence-corrected chi connectivity index (χ2v) is 5.71. The fourth-order valence-corrected chi connectivity index (χ4v) is 3.17. The average molecular weight is 285 g/mol. The SMILES string of the molecule is Cc1cc(F)ccc1CCNC1CCc2c(O)cccc21. The summed E-state index contributed by atoms with van der Waals surface area (Å²) in [6, 6.07) is 11.0. The van der Waals surface area contributed by atoms with Gasteiger partial charge in [0.2, 0.25) is 0 Å². The summed E-state index contributed by atoms with van der Waals surface area (Å²) in [6.07, 6.45) is 2.83. The topological polar surface area (TPSA) is 32.3 Å². The normalized spacial score (nSPS) is 17.0. The van der Waals surface area contributed by atoms with E-state index in [-0.39, 0.29) is 5.82 Å². The molecule has 21 heavy (non-hydrogen) atoms. The minimum absolute atomic E-state index is 0.176. The van der Waals surface area contributed by atoms with E-state index in [1.54, 1.807) is 12.1 Å². The molecule has 0 heterocycles. The lowest BCUT2D eigenvalue weighted by Crippen LogP contribution is -2.22. The Kier molecular flexibility index (Phi) is 3.93. The number of nitrogens with one attached hydrogen (secondary N) is 1. The van der Waals surface area contributed by atoms with Gasteiger partial charge in [-0.15, -0.1) is 0 Å². The lowest BCUT2D eigenvalue weighted by atomic mass is 10.0. The Morgan fingerprint density at radius 1 is 1.29 bits per heavy atom. The molecule has 2 N–H and O–H groups in total. The Morgan fingerprint density at radius 2 is 2.14 bits per heavy atom. The Bertz CT molecular complexity index is 654. The number of phenolic OH excluding ortho intramolecular Hbond substituents is 1. The van der Waals surface area contributed by atoms with E-state index in [1.165, 1.54) is 17.2 Å². The van der Waals surface area contributed by atoms with Gasteiger partial charge in [-0.3, -0.25) is 0 Å². The molecule has 0 amide bonds. The second-order valence-electron chi connectivity index (χ2n) is 5.71. The summed E-state index contributed by atoms with van der Waals surface area (Å²) in [7, 11) is 0. The number of aryl methyl sites for hydroxylation is 1. The van der Waals surface area contributed by atoms with Crippen LogP contribution in [0.5, 0.6) is 5.75 Å². The molecule has 0 saturated carbocycles. The molecule has 0 fully saturated rings. The second kappa shape index (κ2) is 5.86. The molecule has 2 aromatic carbocycles. The van der Waals surface area contributed by atoms with E-state index in [0.29, 0.717) is 11.8 Å². The van der Waals surface area contributed by atoms with Crippen LogP contribution in [0.1, 0.15) is 34.7 Å². The quantitative estimate of drug-likeness (QED) is 0.898. The third-order valence-electron chi connectivity index (χ3n) is 4.34. The van der Waals surface area contributed by atoms with Crippen LogP contribution >= 0.6 is 0 Å². The number of rotatable bonds is 4. The van der Waals surface area contributed by atoms with Crippen molar-refractivity contribution in [2.45, 2.75) is 32.2 Å². The van der Waals surface area contributed by atoms with Gasteiger partial charge in [-0.05, 0) is 73.2 Å². The van der Waals surface area contributed by atoms with E-state index in [2.05, 4.69) is 11.4 Å². The van der Waals surface area contributed by atoms with Gasteiger partial charge >= 0.3 is 0 Å². The third-order valence-corrected chi connectivity index (χ3v) is 4.34. The zero-order valence-corrected chi connectivity index (χ0v) is 12.2. The van der Waals surface area contributed by atoms with Gasteiger partial charge in [0.05, 0.1) is 0 Å². The zero-order valence-electron chi connectivity index (χ0n) is 12.2. The Balaban J connectivity index is 1.61. The van der Waals surface area contributed by atoms with Crippen molar-refractivity contribution in [2.75, 3.05) is 6.54 Å². The van der Waals surface area contributed by atoms with E-state index >= 15 is 0 Å². The van der Waals surface area contributed by atoms with E-state index < -0.39 is 0 Å². The number of fused-ring (bicyclic) bond motifs is 1. The fraction of sp³-hybridized carbons (Fsp3) is 0.333. The molecule has 3 rings (SSSR count). The van der Waals surface area contributed by atoms with Crippen LogP contribution in [0.2, 0.25) is 0 Å². The Labute approximate surface area is 124 Å². The smallest absolute Gasteiger partial charge is 0.123 e. The predicted octanol–water partition coefficient (Wildman–Crippen LogP) is 3.66. The van der Waals surface area contributed by atoms with E-state index in [4.69, 9.17) is 0 Å². The molecule has 3 heteroatoms. The summed E-state index contributed by atoms with van der Waals surface area (Å²) in [6.45, 7) is 2.80. The molecular weight excluding hydrogens is 265 g/mol. The van der Waals surface area contributed by atoms with Crippen LogP contribution in [0.4, 0.5) is 4.39 Å². The Morgan fingerprint density at radius 3 is 2.95 bits per heavy atom. The van der Waals surface area contributed by atoms with Gasteiger partial charge in [0.1, 0.15) is 11.6 Å². The van der Waals surface area contributed by atoms with Crippen molar-refractivity contribution in [1.29, 1.82) is 0 Å². The molecule has 0 radical (unpaired) electrons. The third kappa shape index (κ3) is 2.93. The van der Waals surface area contributed by atoms with Gasteiger partial charge in [0, 0.05) is 6.04 Å². The van der Waals surface area contributed by atoms with Gasteiger partial charge in [0.15, 0.2) is 0 Å². The first-order valence-corrected chi connectivity index (χ1v) is 7.44. The standard InChI is InChI=1S/C18H20FNO/c1-12-11-14(19)6-5-13(12)9-10-20-17-8-7-16-15(17)3-2-4-18(16)21/h2-6,11,17,20-21H,7-10H2,1H3. The van der Waals surface area contributed by atoms with Crippen LogP contribution in [0.15, 0.2) is 36.4 Å². The molecule has 1 aliphatic carbocycles. The maximum absolute atomic E-state index is 13.1. The first kappa shape index (κ1) is 14.1. The minimum Gasteiger partial charge on any atom is -0.508 e. The molecule has 2 aromatic rings. The number of hydrogen-bond acceptors (Lipinski definition) is 2. The number of phenols is 1. The van der Waals surface area contributed by atoms with Crippen LogP contribution in [0.3, 0.4) is 0 Å². The van der Waals surface area contributed by atoms with Crippen molar-refractivity contribution in [2.24, 2.45) is 0 Å². The summed E-state index contributed by atoms with van der Waals surface area (Å²) in [5.41, 5.74) is 4.47. The zero-order chi connectivity index (χ0) is 14.8. The van der Waals surface area contributed by atoms with Crippen LogP contribution < -0.4 is 5.32 Å². The highest BCUT2D eigenvalue weighted by Crippen LogP contribution is 2.36. The maximum Gasteiger partial charge on any atom is 0.123 e. The van der Waals surface area contributed by atoms with Crippen molar-refractivity contribution in [3.8, 4) is 5.75 Å². The van der Waals surface area contributed by atoms with Crippen LogP contribution in [-0.4, -0.2) is 11.7 Å². The van der Waals surface area contributed by atoms with Crippen molar-refractivity contribution in [1.82, 2.24) is 5.32 Å². The first-order chi connectivity index (χ1) is 10.1. The van der Waals surface area contributed by atoms with Crippen molar-refractivity contribution >= 4 is 0 Å². The lowest BCUT2D eigenvalue weighted by Gasteiger charge is -2.15. The Hall–Kier alpha value is -1.87. The molecule has 1 atom stereocenters. The number of hydrogen-bond donors (Lipinski definition) is 2. The summed E-state index contributed by atoms with van der Waals surface area (Å²) < 4.78 is 13.1. The van der Waals surface area contributed by atoms with Gasteiger partial charge in [-0.25, -0.2) is 4.39 Å². The summed E-state index contributed by atoms with van der Waals surface area (Å²) in [5, 5.41) is 13.4. The average Bonchev–Trinajstić information content (AvgIpc) is 2.86. The molecule has 0 aliphatic heterocycles. The van der Waals surface area contributed by atoms with Gasteiger partial charge < -0.3 is 10.4 Å². The molecule has 2 nitrogen and oxygen atoms in total. The van der Waals surface area contributed by atoms with Crippen LogP contribution in [-0.2, 0) is 12.8 Å². The number of aromatic hydroxyl groups is 1. The molecule has 0 bridgehead atoms. The highest BCUT2D eigenvalue weighted by Gasteiger charge is 2.23. The predicted molar refractivity (Wildman–Crippen MR) is 82.0 cm³/mol. The minimum atomic E-state index is -0.176. The van der Waals surface area contributed by atoms with Gasteiger partial charge in [-0.1, -0.05) is 18.2 Å². The summed E-state index contributed by atoms with van der Waals surface area (Å²) in [4.78, 5) is 0. The van der Waals surface area contributed by atoms with E-state index in [0.717, 1.165) is 36.9 Å². The monoisotopic (exact) mass is 285 g/mol. The molecule has 0 aromatic heterocycles. The number of benzene rings is 2. The van der Waals surface area contributed by atoms with Crippen molar-refractivity contribution in [3.05, 3.63) is 64.5 Å². The van der Waals surface area contributed by atoms with E-state index in [1.807, 2.05) is 19.1 Å². The van der Waals surface area contributed by atoms with Gasteiger partial charge in [-0.2, -0.15) is 0 Å². The number of halogens is 1. The molecule has 110 valence electrons. The highest BCUT2D eigenvalue weighted by atomic mass is 19.1. The van der Waals surface area contributed by atoms with Crippen molar-refractivity contribution < 1.29 is 9.50 Å². The molecular formula is C18H20FNO. The molecule has 1 unspecified atom stereocenters. The van der Waals surface area contributed by atoms with Crippen LogP contribution in [0, 0.1) is 12.7 Å². The lowest BCUT2D eigenvalue weighted by molar-refractivity contribution is 0.469. The largest absolute Gasteiger partial charge is 0.508 e. The molecule has 0 spiro atoms. The molecule has 0 saturated heterocycles. The van der Waals surface area contributed by atoms with Gasteiger partial charge in [0.25, 0.3) is 0 Å². The molecule has 1 aliphatic rings. The van der Waals surface area contributed by atoms with Crippen molar-refractivity contribution in [3.63, 3.8) is 0 Å². The first-order valence-electron chi connectivity index (χ1n) is 7.44. The fourth-order valence-electron chi connectivity index (χ4n) is 3.17. The van der Waals surface area contributed by atoms with E-state index in [9.17, 15) is 9.50 Å².